The lowest BCUT2D eigenvalue weighted by atomic mass is 9.90. The molecule has 0 aromatic carbocycles. The molecule has 3 atom stereocenters. The number of aromatic nitrogens is 2. The Labute approximate surface area is 160 Å². The van der Waals surface area contributed by atoms with E-state index in [4.69, 9.17) is 4.74 Å². The van der Waals surface area contributed by atoms with Gasteiger partial charge < -0.3 is 14.6 Å². The van der Waals surface area contributed by atoms with Gasteiger partial charge in [-0.15, -0.1) is 0 Å². The Kier molecular flexibility index (Phi) is 6.75. The Morgan fingerprint density at radius 2 is 2.19 bits per heavy atom. The van der Waals surface area contributed by atoms with Gasteiger partial charge in [-0.3, -0.25) is 4.79 Å². The summed E-state index contributed by atoms with van der Waals surface area (Å²) in [6, 6.07) is 2.22. The summed E-state index contributed by atoms with van der Waals surface area (Å²) in [5.41, 5.74) is 1.21. The van der Waals surface area contributed by atoms with Crippen LogP contribution in [0.1, 0.15) is 51.9 Å². The molecule has 1 aromatic heterocycles. The average molecular weight is 379 g/mol. The van der Waals surface area contributed by atoms with Gasteiger partial charge in [-0.05, 0) is 46.5 Å². The Balaban J connectivity index is 2.11. The summed E-state index contributed by atoms with van der Waals surface area (Å²) in [6.07, 6.45) is 2.38. The van der Waals surface area contributed by atoms with Crippen LogP contribution in [0.2, 0.25) is 0 Å². The standard InChI is InChI=1S/C19H30N4O2S/c1-12(2)19(6,11-20)22-17(24)15(5)26-18-21-13(3)14(4)23(18)10-16-8-7-9-25-16/h12,15-16H,7-10H2,1-6H3,(H,22,24)/t15-,16-,19+/m1/s1. The number of carbonyl (C=O) groups is 1. The summed E-state index contributed by atoms with van der Waals surface area (Å²) >= 11 is 1.43. The van der Waals surface area contributed by atoms with Gasteiger partial charge in [0.05, 0.1) is 29.7 Å². The summed E-state index contributed by atoms with van der Waals surface area (Å²) in [7, 11) is 0. The van der Waals surface area contributed by atoms with Crippen LogP contribution < -0.4 is 5.32 Å². The van der Waals surface area contributed by atoms with Crippen molar-refractivity contribution in [1.29, 1.82) is 5.26 Å². The van der Waals surface area contributed by atoms with Crippen molar-refractivity contribution >= 4 is 17.7 Å². The number of aryl methyl sites for hydroxylation is 1. The normalized spacial score (nSPS) is 20.6. The molecule has 6 nitrogen and oxygen atoms in total. The highest BCUT2D eigenvalue weighted by Gasteiger charge is 2.32. The van der Waals surface area contributed by atoms with Crippen molar-refractivity contribution in [2.45, 2.75) is 83.0 Å². The smallest absolute Gasteiger partial charge is 0.234 e. The van der Waals surface area contributed by atoms with Crippen LogP contribution in [-0.4, -0.2) is 39.0 Å². The van der Waals surface area contributed by atoms with Crippen LogP contribution in [0.5, 0.6) is 0 Å². The van der Waals surface area contributed by atoms with Gasteiger partial charge in [-0.25, -0.2) is 4.98 Å². The number of carbonyl (C=O) groups excluding carboxylic acids is 1. The van der Waals surface area contributed by atoms with Gasteiger partial charge in [0.15, 0.2) is 5.16 Å². The van der Waals surface area contributed by atoms with Crippen LogP contribution in [0, 0.1) is 31.1 Å². The molecule has 0 unspecified atom stereocenters. The number of nitrogens with zero attached hydrogens (tertiary/aromatic N) is 3. The molecule has 1 fully saturated rings. The van der Waals surface area contributed by atoms with E-state index in [0.29, 0.717) is 0 Å². The van der Waals surface area contributed by atoms with E-state index in [9.17, 15) is 10.1 Å². The van der Waals surface area contributed by atoms with E-state index in [1.807, 2.05) is 27.7 Å². The van der Waals surface area contributed by atoms with E-state index in [0.717, 1.165) is 42.5 Å². The number of hydrogen-bond donors (Lipinski definition) is 1. The van der Waals surface area contributed by atoms with Crippen LogP contribution in [0.4, 0.5) is 0 Å². The van der Waals surface area contributed by atoms with Crippen LogP contribution in [-0.2, 0) is 16.1 Å². The Morgan fingerprint density at radius 3 is 2.73 bits per heavy atom. The molecule has 1 aromatic rings. The number of hydrogen-bond acceptors (Lipinski definition) is 5. The number of nitriles is 1. The average Bonchev–Trinajstić information content (AvgIpc) is 3.19. The molecule has 26 heavy (non-hydrogen) atoms. The molecular formula is C19H30N4O2S. The molecule has 7 heteroatoms. The second-order valence-electron chi connectivity index (χ2n) is 7.53. The predicted octanol–water partition coefficient (Wildman–Crippen LogP) is 3.21. The predicted molar refractivity (Wildman–Crippen MR) is 103 cm³/mol. The summed E-state index contributed by atoms with van der Waals surface area (Å²) in [4.78, 5) is 17.3. The minimum atomic E-state index is -0.870. The second kappa shape index (κ2) is 8.45. The summed E-state index contributed by atoms with van der Waals surface area (Å²) < 4.78 is 7.92. The van der Waals surface area contributed by atoms with Crippen molar-refractivity contribution in [1.82, 2.24) is 14.9 Å². The third kappa shape index (κ3) is 4.60. The lowest BCUT2D eigenvalue weighted by Crippen LogP contribution is -2.51. The van der Waals surface area contributed by atoms with E-state index in [1.165, 1.54) is 11.8 Å². The van der Waals surface area contributed by atoms with Crippen molar-refractivity contribution in [3.8, 4) is 6.07 Å². The van der Waals surface area contributed by atoms with Gasteiger partial charge in [0, 0.05) is 12.3 Å². The first-order chi connectivity index (χ1) is 12.2. The largest absolute Gasteiger partial charge is 0.376 e. The molecule has 2 heterocycles. The number of ether oxygens (including phenoxy) is 1. The van der Waals surface area contributed by atoms with E-state index < -0.39 is 5.54 Å². The van der Waals surface area contributed by atoms with Crippen LogP contribution in [0.25, 0.3) is 0 Å². The van der Waals surface area contributed by atoms with Crippen molar-refractivity contribution in [3.63, 3.8) is 0 Å². The molecule has 0 spiro atoms. The van der Waals surface area contributed by atoms with Crippen LogP contribution >= 0.6 is 11.8 Å². The first-order valence-electron chi connectivity index (χ1n) is 9.23. The minimum Gasteiger partial charge on any atom is -0.376 e. The lowest BCUT2D eigenvalue weighted by molar-refractivity contribution is -0.121. The summed E-state index contributed by atoms with van der Waals surface area (Å²) in [5, 5.41) is 12.8. The zero-order valence-electron chi connectivity index (χ0n) is 16.6. The van der Waals surface area contributed by atoms with Gasteiger partial charge >= 0.3 is 0 Å². The Hall–Kier alpha value is -1.52. The molecule has 0 saturated carbocycles. The monoisotopic (exact) mass is 378 g/mol. The molecule has 2 rings (SSSR count). The maximum Gasteiger partial charge on any atom is 0.234 e. The molecule has 1 N–H and O–H groups in total. The summed E-state index contributed by atoms with van der Waals surface area (Å²) in [6.45, 7) is 13.1. The number of thioether (sulfide) groups is 1. The third-order valence-electron chi connectivity index (χ3n) is 5.25. The fourth-order valence-electron chi connectivity index (χ4n) is 2.79. The topological polar surface area (TPSA) is 79.9 Å². The maximum absolute atomic E-state index is 12.6. The van der Waals surface area contributed by atoms with E-state index >= 15 is 0 Å². The van der Waals surface area contributed by atoms with Crippen molar-refractivity contribution in [3.05, 3.63) is 11.4 Å². The molecule has 144 valence electrons. The number of imidazole rings is 1. The molecule has 1 aliphatic rings. The molecule has 0 aliphatic carbocycles. The Bertz CT molecular complexity index is 688. The van der Waals surface area contributed by atoms with Crippen molar-refractivity contribution in [2.24, 2.45) is 5.92 Å². The number of nitrogens with one attached hydrogen (secondary N) is 1. The first kappa shape index (κ1) is 20.8. The van der Waals surface area contributed by atoms with Crippen molar-refractivity contribution < 1.29 is 9.53 Å². The SMILES string of the molecule is Cc1nc(S[C@H](C)C(=O)N[C@@](C)(C#N)C(C)C)n(C[C@H]2CCCO2)c1C. The van der Waals surface area contributed by atoms with Gasteiger partial charge in [0.2, 0.25) is 5.91 Å². The highest BCUT2D eigenvalue weighted by molar-refractivity contribution is 8.00. The second-order valence-corrected chi connectivity index (χ2v) is 8.84. The van der Waals surface area contributed by atoms with Gasteiger partial charge in [-0.2, -0.15) is 5.26 Å². The number of amides is 1. The third-order valence-corrected chi connectivity index (χ3v) is 6.34. The highest BCUT2D eigenvalue weighted by Crippen LogP contribution is 2.28. The zero-order chi connectivity index (χ0) is 19.5. The Morgan fingerprint density at radius 1 is 1.50 bits per heavy atom. The highest BCUT2D eigenvalue weighted by atomic mass is 32.2. The zero-order valence-corrected chi connectivity index (χ0v) is 17.4. The van der Waals surface area contributed by atoms with Gasteiger partial charge in [0.1, 0.15) is 5.54 Å². The molecule has 1 aliphatic heterocycles. The molecule has 0 bridgehead atoms. The maximum atomic E-state index is 12.6. The van der Waals surface area contributed by atoms with E-state index in [2.05, 4.69) is 27.9 Å². The van der Waals surface area contributed by atoms with Crippen molar-refractivity contribution in [2.75, 3.05) is 6.61 Å². The fourth-order valence-corrected chi connectivity index (χ4v) is 3.80. The quantitative estimate of drug-likeness (QED) is 0.737. The molecule has 0 radical (unpaired) electrons. The lowest BCUT2D eigenvalue weighted by Gasteiger charge is -2.28. The van der Waals surface area contributed by atoms with E-state index in [1.54, 1.807) is 6.92 Å². The van der Waals surface area contributed by atoms with Crippen LogP contribution in [0.15, 0.2) is 5.16 Å². The molecule has 1 amide bonds. The fraction of sp³-hybridized carbons (Fsp3) is 0.737. The van der Waals surface area contributed by atoms with Crippen LogP contribution in [0.3, 0.4) is 0 Å². The summed E-state index contributed by atoms with van der Waals surface area (Å²) in [5.74, 6) is -0.116. The molecular weight excluding hydrogens is 348 g/mol. The minimum absolute atomic E-state index is 0.0274. The van der Waals surface area contributed by atoms with Gasteiger partial charge in [-0.1, -0.05) is 25.6 Å². The first-order valence-corrected chi connectivity index (χ1v) is 10.1. The van der Waals surface area contributed by atoms with E-state index in [-0.39, 0.29) is 23.2 Å². The number of rotatable bonds is 7. The van der Waals surface area contributed by atoms with Gasteiger partial charge in [0.25, 0.3) is 0 Å². The molecule has 1 saturated heterocycles.